The lowest BCUT2D eigenvalue weighted by molar-refractivity contribution is -0.166. The first-order valence-corrected chi connectivity index (χ1v) is 7.60. The van der Waals surface area contributed by atoms with Crippen LogP contribution < -0.4 is 0 Å². The number of carbonyl (C=O) groups excluding carboxylic acids is 2. The predicted octanol–water partition coefficient (Wildman–Crippen LogP) is 2.74. The number of rotatable bonds is 8. The normalized spacial score (nSPS) is 10.4. The van der Waals surface area contributed by atoms with Gasteiger partial charge in [-0.3, -0.25) is 9.59 Å². The van der Waals surface area contributed by atoms with E-state index in [1.165, 1.54) is 7.11 Å². The summed E-state index contributed by atoms with van der Waals surface area (Å²) in [6.07, 6.45) is 0. The number of hydrogen-bond acceptors (Lipinski definition) is 5. The molecule has 5 heteroatoms. The monoisotopic (exact) mass is 328 g/mol. The van der Waals surface area contributed by atoms with Crippen molar-refractivity contribution in [2.75, 3.05) is 13.7 Å². The fourth-order valence-corrected chi connectivity index (χ4v) is 2.06. The molecule has 0 aromatic heterocycles. The summed E-state index contributed by atoms with van der Waals surface area (Å²) in [6.45, 7) is 0.124. The van der Waals surface area contributed by atoms with Crippen molar-refractivity contribution in [2.24, 2.45) is 5.92 Å². The van der Waals surface area contributed by atoms with Gasteiger partial charge in [0.05, 0.1) is 6.61 Å². The van der Waals surface area contributed by atoms with Crippen molar-refractivity contribution in [3.63, 3.8) is 0 Å². The molecule has 0 atom stereocenters. The molecule has 0 aliphatic carbocycles. The molecule has 2 rings (SSSR count). The van der Waals surface area contributed by atoms with Crippen LogP contribution in [0.3, 0.4) is 0 Å². The summed E-state index contributed by atoms with van der Waals surface area (Å²) in [7, 11) is 1.42. The van der Waals surface area contributed by atoms with E-state index in [4.69, 9.17) is 14.2 Å². The smallest absolute Gasteiger partial charge is 0.323 e. The van der Waals surface area contributed by atoms with E-state index in [9.17, 15) is 9.59 Å². The predicted molar refractivity (Wildman–Crippen MR) is 87.8 cm³/mol. The molecule has 24 heavy (non-hydrogen) atoms. The molecule has 0 N–H and O–H groups in total. The Kier molecular flexibility index (Phi) is 6.98. The van der Waals surface area contributed by atoms with Crippen LogP contribution in [0.2, 0.25) is 0 Å². The number of methoxy groups -OCH3 is 1. The highest BCUT2D eigenvalue weighted by atomic mass is 16.6. The second kappa shape index (κ2) is 9.47. The maximum Gasteiger partial charge on any atom is 0.323 e. The molecule has 0 aliphatic rings. The molecule has 0 amide bonds. The van der Waals surface area contributed by atoms with E-state index < -0.39 is 17.9 Å². The Bertz CT molecular complexity index is 584. The van der Waals surface area contributed by atoms with Gasteiger partial charge in [-0.1, -0.05) is 60.7 Å². The largest absolute Gasteiger partial charge is 0.460 e. The fraction of sp³-hybridized carbons (Fsp3) is 0.263. The molecule has 126 valence electrons. The summed E-state index contributed by atoms with van der Waals surface area (Å²) in [6, 6.07) is 18.5. The van der Waals surface area contributed by atoms with Crippen LogP contribution in [-0.4, -0.2) is 25.7 Å². The topological polar surface area (TPSA) is 61.8 Å². The fourth-order valence-electron chi connectivity index (χ4n) is 2.06. The second-order valence-electron chi connectivity index (χ2n) is 5.19. The van der Waals surface area contributed by atoms with Crippen molar-refractivity contribution < 1.29 is 23.8 Å². The van der Waals surface area contributed by atoms with Gasteiger partial charge in [0.1, 0.15) is 13.2 Å². The highest BCUT2D eigenvalue weighted by molar-refractivity contribution is 5.95. The van der Waals surface area contributed by atoms with Gasteiger partial charge in [0.15, 0.2) is 5.92 Å². The van der Waals surface area contributed by atoms with Crippen LogP contribution in [0.25, 0.3) is 0 Å². The molecule has 0 fully saturated rings. The van der Waals surface area contributed by atoms with E-state index in [-0.39, 0.29) is 19.8 Å². The van der Waals surface area contributed by atoms with E-state index in [2.05, 4.69) is 0 Å². The SMILES string of the molecule is COCC(C(=O)OCc1ccccc1)C(=O)OCc1ccccc1. The van der Waals surface area contributed by atoms with E-state index in [1.807, 2.05) is 60.7 Å². The van der Waals surface area contributed by atoms with Gasteiger partial charge >= 0.3 is 11.9 Å². The number of esters is 2. The molecule has 0 bridgehead atoms. The molecular formula is C19H20O5. The maximum atomic E-state index is 12.2. The molecule has 2 aromatic rings. The number of hydrogen-bond donors (Lipinski definition) is 0. The molecule has 2 aromatic carbocycles. The Labute approximate surface area is 141 Å². The number of carbonyl (C=O) groups is 2. The van der Waals surface area contributed by atoms with Gasteiger partial charge in [-0.25, -0.2) is 0 Å². The van der Waals surface area contributed by atoms with Crippen LogP contribution in [0.4, 0.5) is 0 Å². The van der Waals surface area contributed by atoms with Gasteiger partial charge in [0, 0.05) is 7.11 Å². The van der Waals surface area contributed by atoms with Gasteiger partial charge in [0.2, 0.25) is 0 Å². The van der Waals surface area contributed by atoms with Crippen molar-refractivity contribution in [1.82, 2.24) is 0 Å². The molecule has 0 saturated heterocycles. The Morgan fingerprint density at radius 2 is 1.21 bits per heavy atom. The van der Waals surface area contributed by atoms with Crippen molar-refractivity contribution in [3.05, 3.63) is 71.8 Å². The Balaban J connectivity index is 1.89. The van der Waals surface area contributed by atoms with Crippen molar-refractivity contribution >= 4 is 11.9 Å². The van der Waals surface area contributed by atoms with Gasteiger partial charge in [-0.2, -0.15) is 0 Å². The van der Waals surface area contributed by atoms with Gasteiger partial charge in [-0.15, -0.1) is 0 Å². The third-order valence-corrected chi connectivity index (χ3v) is 3.35. The first-order valence-electron chi connectivity index (χ1n) is 7.60. The summed E-state index contributed by atoms with van der Waals surface area (Å²) >= 11 is 0. The number of ether oxygens (including phenoxy) is 3. The Hall–Kier alpha value is -2.66. The number of benzene rings is 2. The summed E-state index contributed by atoms with van der Waals surface area (Å²) in [5.74, 6) is -2.40. The minimum absolute atomic E-state index is 0.0821. The van der Waals surface area contributed by atoms with Crippen molar-refractivity contribution in [3.8, 4) is 0 Å². The van der Waals surface area contributed by atoms with Gasteiger partial charge < -0.3 is 14.2 Å². The molecule has 0 radical (unpaired) electrons. The van der Waals surface area contributed by atoms with Crippen LogP contribution in [0.5, 0.6) is 0 Å². The van der Waals surface area contributed by atoms with Crippen LogP contribution >= 0.6 is 0 Å². The van der Waals surface area contributed by atoms with E-state index in [0.29, 0.717) is 0 Å². The first kappa shape index (κ1) is 17.7. The zero-order valence-electron chi connectivity index (χ0n) is 13.5. The van der Waals surface area contributed by atoms with Crippen LogP contribution in [0.15, 0.2) is 60.7 Å². The lowest BCUT2D eigenvalue weighted by Crippen LogP contribution is -2.31. The minimum atomic E-state index is -1.09. The highest BCUT2D eigenvalue weighted by Crippen LogP contribution is 2.10. The average molecular weight is 328 g/mol. The first-order chi connectivity index (χ1) is 11.7. The summed E-state index contributed by atoms with van der Waals surface area (Å²) in [4.78, 5) is 24.3. The lowest BCUT2D eigenvalue weighted by atomic mass is 10.1. The van der Waals surface area contributed by atoms with Gasteiger partial charge in [0.25, 0.3) is 0 Å². The Morgan fingerprint density at radius 3 is 1.58 bits per heavy atom. The van der Waals surface area contributed by atoms with Crippen molar-refractivity contribution in [1.29, 1.82) is 0 Å². The van der Waals surface area contributed by atoms with Gasteiger partial charge in [-0.05, 0) is 11.1 Å². The second-order valence-corrected chi connectivity index (χ2v) is 5.19. The minimum Gasteiger partial charge on any atom is -0.460 e. The molecule has 0 unspecified atom stereocenters. The molecule has 5 nitrogen and oxygen atoms in total. The summed E-state index contributed by atoms with van der Waals surface area (Å²) in [5, 5.41) is 0. The quantitative estimate of drug-likeness (QED) is 0.551. The molecule has 0 aliphatic heterocycles. The zero-order chi connectivity index (χ0) is 17.2. The van der Waals surface area contributed by atoms with E-state index in [0.717, 1.165) is 11.1 Å². The van der Waals surface area contributed by atoms with Crippen molar-refractivity contribution in [2.45, 2.75) is 13.2 Å². The molecule has 0 saturated carbocycles. The third kappa shape index (κ3) is 5.52. The van der Waals surface area contributed by atoms with Crippen LogP contribution in [0, 0.1) is 5.92 Å². The standard InChI is InChI=1S/C19H20O5/c1-22-14-17(18(20)23-12-15-8-4-2-5-9-15)19(21)24-13-16-10-6-3-7-11-16/h2-11,17H,12-14H2,1H3. The van der Waals surface area contributed by atoms with E-state index >= 15 is 0 Å². The van der Waals surface area contributed by atoms with Crippen LogP contribution in [0.1, 0.15) is 11.1 Å². The maximum absolute atomic E-state index is 12.2. The molecular weight excluding hydrogens is 308 g/mol. The lowest BCUT2D eigenvalue weighted by Gasteiger charge is -2.14. The summed E-state index contributed by atoms with van der Waals surface area (Å²) < 4.78 is 15.3. The molecule has 0 heterocycles. The molecule has 0 spiro atoms. The van der Waals surface area contributed by atoms with Crippen LogP contribution in [-0.2, 0) is 37.0 Å². The van der Waals surface area contributed by atoms with E-state index in [1.54, 1.807) is 0 Å². The highest BCUT2D eigenvalue weighted by Gasteiger charge is 2.30. The zero-order valence-corrected chi connectivity index (χ0v) is 13.5. The Morgan fingerprint density at radius 1 is 0.792 bits per heavy atom. The third-order valence-electron chi connectivity index (χ3n) is 3.35. The average Bonchev–Trinajstić information content (AvgIpc) is 2.64. The summed E-state index contributed by atoms with van der Waals surface area (Å²) in [5.41, 5.74) is 1.69.